The van der Waals surface area contributed by atoms with Crippen molar-refractivity contribution >= 4 is 5.69 Å². The average Bonchev–Trinajstić information content (AvgIpc) is 2.31. The lowest BCUT2D eigenvalue weighted by molar-refractivity contribution is 0.770. The van der Waals surface area contributed by atoms with Crippen LogP contribution in [0.4, 0.5) is 5.69 Å². The quantitative estimate of drug-likeness (QED) is 0.842. The lowest BCUT2D eigenvalue weighted by Crippen LogP contribution is -2.18. The molecule has 16 heavy (non-hydrogen) atoms. The zero-order valence-electron chi connectivity index (χ0n) is 9.43. The molecule has 0 bridgehead atoms. The fourth-order valence-electron chi connectivity index (χ4n) is 1.70. The predicted octanol–water partition coefficient (Wildman–Crippen LogP) is 3.12. The minimum Gasteiger partial charge on any atom is -0.382 e. The zero-order chi connectivity index (χ0) is 11.2. The lowest BCUT2D eigenvalue weighted by Gasteiger charge is -2.14. The third-order valence-corrected chi connectivity index (χ3v) is 2.43. The van der Waals surface area contributed by atoms with Crippen molar-refractivity contribution in [2.75, 3.05) is 5.32 Å². The molecule has 0 spiro atoms. The predicted molar refractivity (Wildman–Crippen MR) is 67.5 cm³/mol. The molecule has 0 radical (unpaired) electrons. The van der Waals surface area contributed by atoms with Crippen molar-refractivity contribution in [3.8, 4) is 0 Å². The Morgan fingerprint density at radius 3 is 2.50 bits per heavy atom. The number of hydrogen-bond acceptors (Lipinski definition) is 2. The van der Waals surface area contributed by atoms with Crippen LogP contribution >= 0.6 is 0 Å². The van der Waals surface area contributed by atoms with Gasteiger partial charge in [-0.1, -0.05) is 24.3 Å². The Kier molecular flexibility index (Phi) is 3.54. The number of rotatable bonds is 4. The normalized spacial score (nSPS) is 12.1. The first-order valence-corrected chi connectivity index (χ1v) is 5.56. The van der Waals surface area contributed by atoms with Gasteiger partial charge in [-0.3, -0.25) is 4.98 Å². The van der Waals surface area contributed by atoms with Gasteiger partial charge < -0.3 is 5.32 Å². The third kappa shape index (κ3) is 3.09. The van der Waals surface area contributed by atoms with Crippen LogP contribution in [0.15, 0.2) is 54.7 Å². The SMILES string of the molecule is CC(Cc1ccccn1)Nc1ccccc1. The molecular weight excluding hydrogens is 196 g/mol. The van der Waals surface area contributed by atoms with Crippen molar-refractivity contribution in [2.45, 2.75) is 19.4 Å². The topological polar surface area (TPSA) is 24.9 Å². The first-order valence-electron chi connectivity index (χ1n) is 5.56. The molecular formula is C14H16N2. The van der Waals surface area contributed by atoms with Gasteiger partial charge in [0.1, 0.15) is 0 Å². The van der Waals surface area contributed by atoms with Gasteiger partial charge in [-0.15, -0.1) is 0 Å². The zero-order valence-corrected chi connectivity index (χ0v) is 9.43. The molecule has 2 heteroatoms. The highest BCUT2D eigenvalue weighted by Gasteiger charge is 2.03. The molecule has 2 nitrogen and oxygen atoms in total. The molecule has 1 unspecified atom stereocenters. The number of para-hydroxylation sites is 1. The summed E-state index contributed by atoms with van der Waals surface area (Å²) in [5.41, 5.74) is 2.28. The lowest BCUT2D eigenvalue weighted by atomic mass is 10.1. The fourth-order valence-corrected chi connectivity index (χ4v) is 1.70. The summed E-state index contributed by atoms with van der Waals surface area (Å²) in [5, 5.41) is 3.45. The molecule has 82 valence electrons. The number of benzene rings is 1. The first kappa shape index (κ1) is 10.7. The van der Waals surface area contributed by atoms with Gasteiger partial charge in [0.05, 0.1) is 0 Å². The Morgan fingerprint density at radius 1 is 1.06 bits per heavy atom. The van der Waals surface area contributed by atoms with Gasteiger partial charge >= 0.3 is 0 Å². The Bertz CT molecular complexity index is 370. The summed E-state index contributed by atoms with van der Waals surface area (Å²) >= 11 is 0. The molecule has 1 aromatic carbocycles. The highest BCUT2D eigenvalue weighted by atomic mass is 14.9. The molecule has 2 rings (SSSR count). The van der Waals surface area contributed by atoms with Crippen molar-refractivity contribution < 1.29 is 0 Å². The summed E-state index contributed by atoms with van der Waals surface area (Å²) in [6.45, 7) is 2.17. The van der Waals surface area contributed by atoms with E-state index in [1.165, 1.54) is 0 Å². The molecule has 2 aromatic rings. The molecule has 1 N–H and O–H groups in total. The number of pyridine rings is 1. The molecule has 0 saturated carbocycles. The van der Waals surface area contributed by atoms with E-state index in [1.54, 1.807) is 0 Å². The molecule has 0 fully saturated rings. The van der Waals surface area contributed by atoms with Crippen molar-refractivity contribution in [1.29, 1.82) is 0 Å². The summed E-state index contributed by atoms with van der Waals surface area (Å²) in [5.74, 6) is 0. The van der Waals surface area contributed by atoms with E-state index in [2.05, 4.69) is 35.4 Å². The fraction of sp³-hybridized carbons (Fsp3) is 0.214. The number of hydrogen-bond donors (Lipinski definition) is 1. The number of aromatic nitrogens is 1. The van der Waals surface area contributed by atoms with Gasteiger partial charge in [0.25, 0.3) is 0 Å². The van der Waals surface area contributed by atoms with E-state index in [9.17, 15) is 0 Å². The van der Waals surface area contributed by atoms with Gasteiger partial charge in [0, 0.05) is 30.0 Å². The van der Waals surface area contributed by atoms with E-state index in [-0.39, 0.29) is 0 Å². The highest BCUT2D eigenvalue weighted by Crippen LogP contribution is 2.09. The smallest absolute Gasteiger partial charge is 0.0423 e. The van der Waals surface area contributed by atoms with Crippen LogP contribution < -0.4 is 5.32 Å². The Balaban J connectivity index is 1.92. The van der Waals surface area contributed by atoms with E-state index in [0.29, 0.717) is 6.04 Å². The molecule has 1 atom stereocenters. The number of nitrogens with one attached hydrogen (secondary N) is 1. The van der Waals surface area contributed by atoms with Crippen LogP contribution in [-0.2, 0) is 6.42 Å². The van der Waals surface area contributed by atoms with Gasteiger partial charge in [-0.05, 0) is 31.2 Å². The van der Waals surface area contributed by atoms with Crippen molar-refractivity contribution in [3.05, 3.63) is 60.4 Å². The van der Waals surface area contributed by atoms with E-state index < -0.39 is 0 Å². The van der Waals surface area contributed by atoms with Crippen LogP contribution in [0.2, 0.25) is 0 Å². The van der Waals surface area contributed by atoms with E-state index in [0.717, 1.165) is 17.8 Å². The summed E-state index contributed by atoms with van der Waals surface area (Å²) in [6, 6.07) is 16.7. The van der Waals surface area contributed by atoms with Gasteiger partial charge in [0.15, 0.2) is 0 Å². The van der Waals surface area contributed by atoms with E-state index >= 15 is 0 Å². The standard InChI is InChI=1S/C14H16N2/c1-12(11-14-9-5-6-10-15-14)16-13-7-3-2-4-8-13/h2-10,12,16H,11H2,1H3. The molecule has 0 aliphatic rings. The summed E-state index contributed by atoms with van der Waals surface area (Å²) in [7, 11) is 0. The second kappa shape index (κ2) is 5.31. The van der Waals surface area contributed by atoms with E-state index in [4.69, 9.17) is 0 Å². The minimum atomic E-state index is 0.386. The maximum absolute atomic E-state index is 4.32. The van der Waals surface area contributed by atoms with Crippen LogP contribution in [0.5, 0.6) is 0 Å². The van der Waals surface area contributed by atoms with Crippen LogP contribution in [-0.4, -0.2) is 11.0 Å². The monoisotopic (exact) mass is 212 g/mol. The highest BCUT2D eigenvalue weighted by molar-refractivity contribution is 5.43. The Labute approximate surface area is 96.4 Å². The van der Waals surface area contributed by atoms with Crippen LogP contribution in [0, 0.1) is 0 Å². The molecule has 1 aromatic heterocycles. The maximum atomic E-state index is 4.32. The average molecular weight is 212 g/mol. The van der Waals surface area contributed by atoms with Crippen LogP contribution in [0.1, 0.15) is 12.6 Å². The second-order valence-corrected chi connectivity index (χ2v) is 3.94. The van der Waals surface area contributed by atoms with Gasteiger partial charge in [-0.2, -0.15) is 0 Å². The Morgan fingerprint density at radius 2 is 1.81 bits per heavy atom. The summed E-state index contributed by atoms with van der Waals surface area (Å²) in [4.78, 5) is 4.32. The van der Waals surface area contributed by atoms with Gasteiger partial charge in [-0.25, -0.2) is 0 Å². The number of anilines is 1. The first-order chi connectivity index (χ1) is 7.84. The van der Waals surface area contributed by atoms with Crippen molar-refractivity contribution in [1.82, 2.24) is 4.98 Å². The van der Waals surface area contributed by atoms with Crippen molar-refractivity contribution in [2.24, 2.45) is 0 Å². The van der Waals surface area contributed by atoms with E-state index in [1.807, 2.05) is 36.5 Å². The Hall–Kier alpha value is -1.83. The van der Waals surface area contributed by atoms with Crippen LogP contribution in [0.3, 0.4) is 0 Å². The summed E-state index contributed by atoms with van der Waals surface area (Å²) in [6.07, 6.45) is 2.78. The maximum Gasteiger partial charge on any atom is 0.0423 e. The molecule has 0 amide bonds. The third-order valence-electron chi connectivity index (χ3n) is 2.43. The summed E-state index contributed by atoms with van der Waals surface area (Å²) < 4.78 is 0. The molecule has 0 aliphatic heterocycles. The molecule has 0 aliphatic carbocycles. The molecule has 0 saturated heterocycles. The molecule has 1 heterocycles. The number of nitrogens with zero attached hydrogens (tertiary/aromatic N) is 1. The van der Waals surface area contributed by atoms with Gasteiger partial charge in [0.2, 0.25) is 0 Å². The van der Waals surface area contributed by atoms with Crippen molar-refractivity contribution in [3.63, 3.8) is 0 Å². The largest absolute Gasteiger partial charge is 0.382 e. The minimum absolute atomic E-state index is 0.386. The van der Waals surface area contributed by atoms with Crippen LogP contribution in [0.25, 0.3) is 0 Å². The second-order valence-electron chi connectivity index (χ2n) is 3.94.